The van der Waals surface area contributed by atoms with Crippen LogP contribution in [-0.2, 0) is 5.41 Å². The fourth-order valence-electron chi connectivity index (χ4n) is 9.25. The van der Waals surface area contributed by atoms with Gasteiger partial charge in [0.25, 0.3) is 0 Å². The Morgan fingerprint density at radius 1 is 0.368 bits per heavy atom. The van der Waals surface area contributed by atoms with Crippen molar-refractivity contribution in [2.45, 2.75) is 5.41 Å². The van der Waals surface area contributed by atoms with Crippen molar-refractivity contribution in [3.63, 3.8) is 0 Å². The molecule has 5 nitrogen and oxygen atoms in total. The molecule has 2 aliphatic heterocycles. The van der Waals surface area contributed by atoms with Gasteiger partial charge in [-0.25, -0.2) is 15.0 Å². The van der Waals surface area contributed by atoms with Crippen LogP contribution in [0.3, 0.4) is 0 Å². The molecule has 5 heteroatoms. The molecule has 12 rings (SSSR count). The number of hydrogen-bond donors (Lipinski definition) is 0. The van der Waals surface area contributed by atoms with E-state index in [1.807, 2.05) is 60.7 Å². The molecule has 1 atom stereocenters. The molecule has 0 saturated heterocycles. The van der Waals surface area contributed by atoms with Gasteiger partial charge in [0.1, 0.15) is 11.5 Å². The molecule has 0 N–H and O–H groups in total. The summed E-state index contributed by atoms with van der Waals surface area (Å²) in [7, 11) is 0. The highest BCUT2D eigenvalue weighted by Gasteiger charge is 2.50. The molecular weight excluding hydrogens is 697 g/mol. The van der Waals surface area contributed by atoms with Crippen LogP contribution in [0.2, 0.25) is 0 Å². The minimum absolute atomic E-state index is 0.631. The zero-order chi connectivity index (χ0) is 37.5. The highest BCUT2D eigenvalue weighted by molar-refractivity contribution is 6.12. The summed E-state index contributed by atoms with van der Waals surface area (Å²) in [5.74, 6) is 3.65. The van der Waals surface area contributed by atoms with Gasteiger partial charge in [0.15, 0.2) is 17.5 Å². The predicted molar refractivity (Wildman–Crippen MR) is 228 cm³/mol. The van der Waals surface area contributed by atoms with E-state index in [1.165, 1.54) is 38.6 Å². The number of hydrogen-bond acceptors (Lipinski definition) is 4. The number of ether oxygens (including phenoxy) is 1. The molecule has 2 aromatic heterocycles. The second kappa shape index (κ2) is 12.2. The summed E-state index contributed by atoms with van der Waals surface area (Å²) in [6.07, 6.45) is 0. The van der Waals surface area contributed by atoms with Crippen molar-refractivity contribution in [1.82, 2.24) is 19.5 Å². The van der Waals surface area contributed by atoms with Crippen LogP contribution < -0.4 is 4.74 Å². The van der Waals surface area contributed by atoms with Crippen LogP contribution in [0.15, 0.2) is 194 Å². The van der Waals surface area contributed by atoms with Crippen molar-refractivity contribution in [2.24, 2.45) is 0 Å². The van der Waals surface area contributed by atoms with Crippen LogP contribution in [0, 0.1) is 0 Å². The third kappa shape index (κ3) is 4.60. The fourth-order valence-corrected chi connectivity index (χ4v) is 9.25. The molecule has 2 aliphatic rings. The summed E-state index contributed by atoms with van der Waals surface area (Å²) in [6, 6.07) is 68.4. The van der Waals surface area contributed by atoms with Gasteiger partial charge in [0, 0.05) is 38.6 Å². The van der Waals surface area contributed by atoms with Gasteiger partial charge in [0.05, 0.1) is 22.1 Å². The largest absolute Gasteiger partial charge is 0.457 e. The van der Waals surface area contributed by atoms with E-state index < -0.39 is 5.41 Å². The smallest absolute Gasteiger partial charge is 0.164 e. The van der Waals surface area contributed by atoms with Gasteiger partial charge in [-0.15, -0.1) is 0 Å². The third-order valence-electron chi connectivity index (χ3n) is 11.7. The van der Waals surface area contributed by atoms with E-state index >= 15 is 0 Å². The molecule has 10 aromatic rings. The highest BCUT2D eigenvalue weighted by Crippen LogP contribution is 2.60. The third-order valence-corrected chi connectivity index (χ3v) is 11.7. The molecule has 57 heavy (non-hydrogen) atoms. The quantitative estimate of drug-likeness (QED) is 0.181. The second-order valence-electron chi connectivity index (χ2n) is 14.7. The molecule has 4 heterocycles. The van der Waals surface area contributed by atoms with Crippen LogP contribution in [0.1, 0.15) is 22.3 Å². The first-order chi connectivity index (χ1) is 28.3. The lowest BCUT2D eigenvalue weighted by molar-refractivity contribution is 0.434. The number of aromatic nitrogens is 4. The summed E-state index contributed by atoms with van der Waals surface area (Å²) in [5, 5.41) is 2.50. The van der Waals surface area contributed by atoms with E-state index in [0.717, 1.165) is 50.4 Å². The first-order valence-electron chi connectivity index (χ1n) is 19.3. The first-order valence-corrected chi connectivity index (χ1v) is 19.3. The minimum Gasteiger partial charge on any atom is -0.457 e. The standard InChI is InChI=1S/C52H32N4O/c1-3-14-34(15-4-1)49-53-50(35-16-5-2-6-17-35)55-51(54-49)36-28-26-33(27-29-36)37-30-31-47-43(32-37)52(41-21-9-12-25-46(41)57-47)40-20-8-11-24-45(40)56-44-23-10-7-18-38(44)39-19-13-22-42(52)48(39)56/h1-32H. The van der Waals surface area contributed by atoms with E-state index in [2.05, 4.69) is 138 Å². The number of para-hydroxylation sites is 4. The van der Waals surface area contributed by atoms with Crippen molar-refractivity contribution in [3.8, 4) is 62.5 Å². The van der Waals surface area contributed by atoms with Crippen LogP contribution in [0.25, 0.3) is 72.8 Å². The Hall–Kier alpha value is -7.63. The van der Waals surface area contributed by atoms with Crippen molar-refractivity contribution in [2.75, 3.05) is 0 Å². The molecule has 1 spiro atoms. The topological polar surface area (TPSA) is 52.8 Å². The second-order valence-corrected chi connectivity index (χ2v) is 14.7. The minimum atomic E-state index is -0.632. The lowest BCUT2D eigenvalue weighted by atomic mass is 9.61. The molecule has 0 amide bonds. The monoisotopic (exact) mass is 728 g/mol. The molecule has 266 valence electrons. The number of nitrogens with zero attached hydrogens (tertiary/aromatic N) is 4. The number of benzene rings is 8. The van der Waals surface area contributed by atoms with E-state index in [9.17, 15) is 0 Å². The maximum absolute atomic E-state index is 6.80. The average molecular weight is 729 g/mol. The summed E-state index contributed by atoms with van der Waals surface area (Å²) in [5.41, 5.74) is 12.7. The molecule has 8 aromatic carbocycles. The van der Waals surface area contributed by atoms with E-state index in [1.54, 1.807) is 0 Å². The summed E-state index contributed by atoms with van der Waals surface area (Å²) in [6.45, 7) is 0. The Morgan fingerprint density at radius 2 is 0.895 bits per heavy atom. The Labute approximate surface area is 329 Å². The van der Waals surface area contributed by atoms with Crippen LogP contribution >= 0.6 is 0 Å². The zero-order valence-electron chi connectivity index (χ0n) is 30.7. The van der Waals surface area contributed by atoms with Gasteiger partial charge in [-0.05, 0) is 52.6 Å². The first kappa shape index (κ1) is 31.7. The number of rotatable bonds is 4. The van der Waals surface area contributed by atoms with Gasteiger partial charge in [-0.2, -0.15) is 0 Å². The van der Waals surface area contributed by atoms with E-state index in [0.29, 0.717) is 17.5 Å². The Morgan fingerprint density at radius 3 is 1.63 bits per heavy atom. The van der Waals surface area contributed by atoms with Gasteiger partial charge in [0.2, 0.25) is 0 Å². The molecule has 0 radical (unpaired) electrons. The van der Waals surface area contributed by atoms with Gasteiger partial charge < -0.3 is 9.30 Å². The lowest BCUT2D eigenvalue weighted by Crippen LogP contribution is -2.37. The van der Waals surface area contributed by atoms with E-state index in [4.69, 9.17) is 19.7 Å². The van der Waals surface area contributed by atoms with Gasteiger partial charge >= 0.3 is 0 Å². The van der Waals surface area contributed by atoms with E-state index in [-0.39, 0.29) is 0 Å². The zero-order valence-corrected chi connectivity index (χ0v) is 30.7. The average Bonchev–Trinajstić information content (AvgIpc) is 3.63. The molecule has 0 bridgehead atoms. The molecular formula is C52H32N4O. The van der Waals surface area contributed by atoms with Crippen LogP contribution in [-0.4, -0.2) is 19.5 Å². The Balaban J connectivity index is 1.05. The SMILES string of the molecule is c1ccc(-c2nc(-c3ccccc3)nc(-c3ccc(-c4ccc5c(c4)C4(c6ccccc6O5)c5ccccc5-n5c6ccccc6c6cccc4c65)cc3)n2)cc1. The lowest BCUT2D eigenvalue weighted by Gasteiger charge is -2.45. The van der Waals surface area contributed by atoms with Crippen LogP contribution in [0.4, 0.5) is 0 Å². The van der Waals surface area contributed by atoms with Crippen molar-refractivity contribution in [3.05, 3.63) is 216 Å². The molecule has 1 unspecified atom stereocenters. The van der Waals surface area contributed by atoms with Gasteiger partial charge in [-0.3, -0.25) is 0 Å². The number of fused-ring (bicyclic) bond motifs is 11. The summed E-state index contributed by atoms with van der Waals surface area (Å²) < 4.78 is 9.26. The summed E-state index contributed by atoms with van der Waals surface area (Å²) >= 11 is 0. The maximum atomic E-state index is 6.80. The Kier molecular flexibility index (Phi) is 6.78. The highest BCUT2D eigenvalue weighted by atomic mass is 16.5. The normalized spacial score (nSPS) is 14.9. The molecule has 0 saturated carbocycles. The fraction of sp³-hybridized carbons (Fsp3) is 0.0192. The van der Waals surface area contributed by atoms with Crippen molar-refractivity contribution in [1.29, 1.82) is 0 Å². The van der Waals surface area contributed by atoms with Gasteiger partial charge in [-0.1, -0.05) is 164 Å². The van der Waals surface area contributed by atoms with Crippen molar-refractivity contribution >= 4 is 21.8 Å². The molecule has 0 fully saturated rings. The van der Waals surface area contributed by atoms with Crippen LogP contribution in [0.5, 0.6) is 11.5 Å². The predicted octanol–water partition coefficient (Wildman–Crippen LogP) is 12.4. The van der Waals surface area contributed by atoms with Crippen molar-refractivity contribution < 1.29 is 4.74 Å². The molecule has 0 aliphatic carbocycles. The maximum Gasteiger partial charge on any atom is 0.164 e. The Bertz CT molecular complexity index is 3150. The summed E-state index contributed by atoms with van der Waals surface area (Å²) in [4.78, 5) is 14.8.